The third-order valence-corrected chi connectivity index (χ3v) is 3.86. The number of benzene rings is 1. The van der Waals surface area contributed by atoms with Crippen LogP contribution in [-0.2, 0) is 6.54 Å². The zero-order chi connectivity index (χ0) is 13.4. The molecule has 0 saturated heterocycles. The Morgan fingerprint density at radius 2 is 2.16 bits per heavy atom. The van der Waals surface area contributed by atoms with E-state index >= 15 is 0 Å². The first-order valence-corrected chi connectivity index (χ1v) is 6.79. The Hall–Kier alpha value is -1.32. The lowest BCUT2D eigenvalue weighted by molar-refractivity contribution is 0.154. The van der Waals surface area contributed by atoms with Crippen molar-refractivity contribution in [1.82, 2.24) is 4.57 Å². The summed E-state index contributed by atoms with van der Waals surface area (Å²) < 4.78 is 15.7. The van der Waals surface area contributed by atoms with E-state index in [2.05, 4.69) is 0 Å². The van der Waals surface area contributed by atoms with E-state index in [1.165, 1.54) is 0 Å². The number of aliphatic hydroxyl groups excluding tert-OH is 1. The molecule has 1 saturated carbocycles. The molecular formula is C15H15ClFNO. The van der Waals surface area contributed by atoms with Crippen molar-refractivity contribution in [2.24, 2.45) is 5.92 Å². The monoisotopic (exact) mass is 279 g/mol. The second-order valence-corrected chi connectivity index (χ2v) is 5.52. The summed E-state index contributed by atoms with van der Waals surface area (Å²) >= 11 is 5.76. The molecule has 0 bridgehead atoms. The van der Waals surface area contributed by atoms with Crippen molar-refractivity contribution in [3.63, 3.8) is 0 Å². The minimum atomic E-state index is -0.384. The summed E-state index contributed by atoms with van der Waals surface area (Å²) in [5.74, 6) is 0.0286. The van der Waals surface area contributed by atoms with E-state index in [1.807, 2.05) is 23.0 Å². The molecule has 0 aliphatic heterocycles. The number of halogens is 2. The molecule has 0 spiro atoms. The van der Waals surface area contributed by atoms with Gasteiger partial charge < -0.3 is 9.67 Å². The third-order valence-electron chi connectivity index (χ3n) is 3.57. The Balaban J connectivity index is 1.78. The number of rotatable bonds is 4. The van der Waals surface area contributed by atoms with Crippen LogP contribution in [0.4, 0.5) is 4.39 Å². The maximum absolute atomic E-state index is 13.8. The lowest BCUT2D eigenvalue weighted by atomic mass is 10.1. The molecular weight excluding hydrogens is 265 g/mol. The summed E-state index contributed by atoms with van der Waals surface area (Å²) in [5, 5.41) is 10.2. The van der Waals surface area contributed by atoms with Gasteiger partial charge in [-0.25, -0.2) is 4.39 Å². The Kier molecular flexibility index (Phi) is 3.33. The fraction of sp³-hybridized carbons (Fsp3) is 0.333. The molecule has 1 aromatic carbocycles. The highest BCUT2D eigenvalue weighted by Gasteiger charge is 2.31. The van der Waals surface area contributed by atoms with E-state index in [-0.39, 0.29) is 16.9 Å². The highest BCUT2D eigenvalue weighted by molar-refractivity contribution is 6.30. The van der Waals surface area contributed by atoms with Gasteiger partial charge in [-0.15, -0.1) is 0 Å². The summed E-state index contributed by atoms with van der Waals surface area (Å²) in [6.45, 7) is 0.420. The van der Waals surface area contributed by atoms with Crippen molar-refractivity contribution < 1.29 is 9.50 Å². The molecule has 1 aliphatic carbocycles. The summed E-state index contributed by atoms with van der Waals surface area (Å²) in [4.78, 5) is 0. The summed E-state index contributed by atoms with van der Waals surface area (Å²) in [6.07, 6.45) is 5.54. The first-order chi connectivity index (χ1) is 9.15. The van der Waals surface area contributed by atoms with Gasteiger partial charge in [0.2, 0.25) is 0 Å². The van der Waals surface area contributed by atoms with Crippen molar-refractivity contribution in [3.8, 4) is 0 Å². The van der Waals surface area contributed by atoms with Gasteiger partial charge in [0.25, 0.3) is 0 Å². The van der Waals surface area contributed by atoms with Crippen molar-refractivity contribution in [1.29, 1.82) is 0 Å². The van der Waals surface area contributed by atoms with Crippen molar-refractivity contribution in [3.05, 3.63) is 58.6 Å². The minimum absolute atomic E-state index is 0.142. The van der Waals surface area contributed by atoms with E-state index in [0.29, 0.717) is 18.0 Å². The molecule has 1 aromatic heterocycles. The Morgan fingerprint density at radius 1 is 1.37 bits per heavy atom. The molecule has 0 radical (unpaired) electrons. The Bertz CT molecular complexity index is 592. The highest BCUT2D eigenvalue weighted by Crippen LogP contribution is 2.40. The van der Waals surface area contributed by atoms with Gasteiger partial charge in [-0.2, -0.15) is 0 Å². The molecule has 1 heterocycles. The molecule has 0 amide bonds. The fourth-order valence-corrected chi connectivity index (χ4v) is 2.48. The van der Waals surface area contributed by atoms with Gasteiger partial charge in [-0.3, -0.25) is 0 Å². The summed E-state index contributed by atoms with van der Waals surface area (Å²) in [5.41, 5.74) is 1.46. The topological polar surface area (TPSA) is 25.2 Å². The van der Waals surface area contributed by atoms with Gasteiger partial charge in [0.15, 0.2) is 0 Å². The second kappa shape index (κ2) is 4.99. The quantitative estimate of drug-likeness (QED) is 0.905. The fourth-order valence-electron chi connectivity index (χ4n) is 2.28. The van der Waals surface area contributed by atoms with Crippen molar-refractivity contribution >= 4 is 11.6 Å². The van der Waals surface area contributed by atoms with E-state index in [4.69, 9.17) is 11.6 Å². The zero-order valence-electron chi connectivity index (χ0n) is 10.4. The predicted molar refractivity (Wildman–Crippen MR) is 72.6 cm³/mol. The second-order valence-electron chi connectivity index (χ2n) is 5.11. The SMILES string of the molecule is OC(c1ccn(Cc2cccc(Cl)c2F)c1)C1CC1. The molecule has 19 heavy (non-hydrogen) atoms. The van der Waals surface area contributed by atoms with E-state index in [0.717, 1.165) is 18.4 Å². The number of nitrogens with zero attached hydrogens (tertiary/aromatic N) is 1. The molecule has 2 aromatic rings. The van der Waals surface area contributed by atoms with Crippen LogP contribution in [0.1, 0.15) is 30.1 Å². The van der Waals surface area contributed by atoms with Gasteiger partial charge in [-0.1, -0.05) is 23.7 Å². The van der Waals surface area contributed by atoms with E-state index < -0.39 is 0 Å². The van der Waals surface area contributed by atoms with E-state index in [1.54, 1.807) is 18.2 Å². The van der Waals surface area contributed by atoms with Gasteiger partial charge >= 0.3 is 0 Å². The van der Waals surface area contributed by atoms with Crippen molar-refractivity contribution in [2.75, 3.05) is 0 Å². The van der Waals surface area contributed by atoms with Gasteiger partial charge in [0, 0.05) is 24.5 Å². The number of aliphatic hydroxyl groups is 1. The molecule has 3 rings (SSSR count). The predicted octanol–water partition coefficient (Wildman–Crippen LogP) is 3.77. The number of hydrogen-bond donors (Lipinski definition) is 1. The standard InChI is InChI=1S/C15H15ClFNO/c16-13-3-1-2-11(14(13)17)8-18-7-6-12(9-18)15(19)10-4-5-10/h1-3,6-7,9-10,15,19H,4-5,8H2. The van der Waals surface area contributed by atoms with Crippen LogP contribution in [-0.4, -0.2) is 9.67 Å². The van der Waals surface area contributed by atoms with Crippen LogP contribution < -0.4 is 0 Å². The normalized spacial score (nSPS) is 16.6. The third kappa shape index (κ3) is 2.67. The number of aromatic nitrogens is 1. The Labute approximate surface area is 116 Å². The van der Waals surface area contributed by atoms with Crippen LogP contribution in [0.25, 0.3) is 0 Å². The number of hydrogen-bond acceptors (Lipinski definition) is 1. The minimum Gasteiger partial charge on any atom is -0.388 e. The maximum Gasteiger partial charge on any atom is 0.146 e. The molecule has 1 N–H and O–H groups in total. The molecule has 100 valence electrons. The maximum atomic E-state index is 13.8. The average molecular weight is 280 g/mol. The van der Waals surface area contributed by atoms with Crippen LogP contribution in [0.3, 0.4) is 0 Å². The summed E-state index contributed by atoms with van der Waals surface area (Å²) in [6, 6.07) is 6.90. The van der Waals surface area contributed by atoms with E-state index in [9.17, 15) is 9.50 Å². The van der Waals surface area contributed by atoms with Gasteiger partial charge in [0.1, 0.15) is 5.82 Å². The first kappa shape index (κ1) is 12.7. The Morgan fingerprint density at radius 3 is 2.89 bits per heavy atom. The lowest BCUT2D eigenvalue weighted by Gasteiger charge is -2.07. The summed E-state index contributed by atoms with van der Waals surface area (Å²) in [7, 11) is 0. The average Bonchev–Trinajstić information content (AvgIpc) is 3.14. The molecule has 1 unspecified atom stereocenters. The molecule has 1 atom stereocenters. The van der Waals surface area contributed by atoms with Crippen LogP contribution in [0, 0.1) is 11.7 Å². The molecule has 4 heteroatoms. The van der Waals surface area contributed by atoms with Crippen LogP contribution in [0.5, 0.6) is 0 Å². The smallest absolute Gasteiger partial charge is 0.146 e. The van der Waals surface area contributed by atoms with Crippen molar-refractivity contribution in [2.45, 2.75) is 25.5 Å². The van der Waals surface area contributed by atoms with Gasteiger partial charge in [-0.05, 0) is 36.5 Å². The molecule has 1 aliphatic rings. The largest absolute Gasteiger partial charge is 0.388 e. The van der Waals surface area contributed by atoms with Crippen LogP contribution in [0.15, 0.2) is 36.7 Å². The molecule has 1 fully saturated rings. The van der Waals surface area contributed by atoms with Crippen LogP contribution in [0.2, 0.25) is 5.02 Å². The highest BCUT2D eigenvalue weighted by atomic mass is 35.5. The molecule has 2 nitrogen and oxygen atoms in total. The lowest BCUT2D eigenvalue weighted by Crippen LogP contribution is -2.01. The zero-order valence-corrected chi connectivity index (χ0v) is 11.1. The first-order valence-electron chi connectivity index (χ1n) is 6.42. The van der Waals surface area contributed by atoms with Crippen LogP contribution >= 0.6 is 11.6 Å². The van der Waals surface area contributed by atoms with Gasteiger partial charge in [0.05, 0.1) is 11.1 Å².